The molecule has 2 atom stereocenters. The van der Waals surface area contributed by atoms with Crippen molar-refractivity contribution < 1.29 is 18.0 Å². The number of nitrogens with one attached hydrogen (secondary N) is 2. The fourth-order valence-electron chi connectivity index (χ4n) is 2.51. The number of carbonyl (C=O) groups excluding carboxylic acids is 2. The highest BCUT2D eigenvalue weighted by Gasteiger charge is 2.30. The van der Waals surface area contributed by atoms with Gasteiger partial charge >= 0.3 is 11.8 Å². The molecule has 0 spiro atoms. The first-order valence-electron chi connectivity index (χ1n) is 8.78. The summed E-state index contributed by atoms with van der Waals surface area (Å²) in [6.07, 6.45) is 0.689. The molecular formula is C20H24N2O4S. The molecule has 0 fully saturated rings. The zero-order valence-corrected chi connectivity index (χ0v) is 16.2. The Kier molecular flexibility index (Phi) is 7.12. The Balaban J connectivity index is 2.23. The minimum atomic E-state index is -3.75. The van der Waals surface area contributed by atoms with E-state index in [2.05, 4.69) is 10.6 Å². The number of hydrogen-bond acceptors (Lipinski definition) is 4. The first-order chi connectivity index (χ1) is 12.9. The van der Waals surface area contributed by atoms with Gasteiger partial charge in [-0.15, -0.1) is 0 Å². The topological polar surface area (TPSA) is 92.3 Å². The highest BCUT2D eigenvalue weighted by atomic mass is 32.2. The molecule has 0 bridgehead atoms. The Labute approximate surface area is 159 Å². The van der Waals surface area contributed by atoms with E-state index in [1.54, 1.807) is 55.5 Å². The molecule has 0 radical (unpaired) electrons. The minimum absolute atomic E-state index is 0.138. The van der Waals surface area contributed by atoms with Gasteiger partial charge in [-0.3, -0.25) is 9.59 Å². The molecule has 2 N–H and O–H groups in total. The summed E-state index contributed by atoms with van der Waals surface area (Å²) >= 11 is 0. The van der Waals surface area contributed by atoms with Crippen molar-refractivity contribution in [2.75, 3.05) is 6.54 Å². The summed E-state index contributed by atoms with van der Waals surface area (Å²) in [5.74, 6) is -1.62. The average Bonchev–Trinajstić information content (AvgIpc) is 2.69. The second-order valence-corrected chi connectivity index (χ2v) is 8.38. The van der Waals surface area contributed by atoms with Crippen LogP contribution in [0.1, 0.15) is 31.1 Å². The Morgan fingerprint density at radius 1 is 0.926 bits per heavy atom. The second-order valence-electron chi connectivity index (χ2n) is 6.25. The van der Waals surface area contributed by atoms with Crippen LogP contribution in [-0.4, -0.2) is 32.8 Å². The van der Waals surface area contributed by atoms with Crippen LogP contribution >= 0.6 is 0 Å². The standard InChI is InChI=1S/C20H24N2O4S/c1-3-15(2)22-20(24)19(23)21-14-18(16-10-6-4-7-11-16)27(25,26)17-12-8-5-9-13-17/h4-13,15,18H,3,14H2,1-2H3,(H,21,23)(H,22,24)/t15-,18+/m1/s1. The normalized spacial score (nSPS) is 13.4. The molecule has 2 aromatic carbocycles. The van der Waals surface area contributed by atoms with Crippen molar-refractivity contribution in [3.8, 4) is 0 Å². The van der Waals surface area contributed by atoms with Gasteiger partial charge in [-0.1, -0.05) is 55.5 Å². The van der Waals surface area contributed by atoms with Crippen molar-refractivity contribution in [1.29, 1.82) is 0 Å². The molecule has 27 heavy (non-hydrogen) atoms. The zero-order valence-electron chi connectivity index (χ0n) is 15.4. The third kappa shape index (κ3) is 5.40. The summed E-state index contributed by atoms with van der Waals surface area (Å²) in [6, 6.07) is 16.6. The van der Waals surface area contributed by atoms with E-state index >= 15 is 0 Å². The maximum absolute atomic E-state index is 13.1. The third-order valence-electron chi connectivity index (χ3n) is 4.26. The van der Waals surface area contributed by atoms with Gasteiger partial charge < -0.3 is 10.6 Å². The predicted octanol–water partition coefficient (Wildman–Crippen LogP) is 2.23. The van der Waals surface area contributed by atoms with E-state index in [1.165, 1.54) is 12.1 Å². The number of carbonyl (C=O) groups is 2. The van der Waals surface area contributed by atoms with Gasteiger partial charge in [-0.25, -0.2) is 8.42 Å². The molecule has 144 valence electrons. The van der Waals surface area contributed by atoms with Gasteiger partial charge in [0.05, 0.1) is 4.90 Å². The van der Waals surface area contributed by atoms with Crippen LogP contribution in [0.5, 0.6) is 0 Å². The third-order valence-corrected chi connectivity index (χ3v) is 6.38. The van der Waals surface area contributed by atoms with Crippen LogP contribution in [0, 0.1) is 0 Å². The van der Waals surface area contributed by atoms with Gasteiger partial charge in [-0.2, -0.15) is 0 Å². The van der Waals surface area contributed by atoms with Crippen LogP contribution in [0.15, 0.2) is 65.6 Å². The molecule has 0 saturated heterocycles. The highest BCUT2D eigenvalue weighted by Crippen LogP contribution is 2.28. The Hall–Kier alpha value is -2.67. The van der Waals surface area contributed by atoms with E-state index in [9.17, 15) is 18.0 Å². The Bertz CT molecular complexity index is 867. The first-order valence-corrected chi connectivity index (χ1v) is 10.3. The molecule has 2 rings (SSSR count). The number of rotatable bonds is 7. The lowest BCUT2D eigenvalue weighted by molar-refractivity contribution is -0.139. The van der Waals surface area contributed by atoms with E-state index in [0.29, 0.717) is 12.0 Å². The Morgan fingerprint density at radius 2 is 1.48 bits per heavy atom. The van der Waals surface area contributed by atoms with E-state index in [1.807, 2.05) is 6.92 Å². The summed E-state index contributed by atoms with van der Waals surface area (Å²) in [5.41, 5.74) is 0.545. The summed E-state index contributed by atoms with van der Waals surface area (Å²) in [7, 11) is -3.75. The average molecular weight is 388 g/mol. The van der Waals surface area contributed by atoms with Crippen LogP contribution in [0.3, 0.4) is 0 Å². The molecule has 0 aromatic heterocycles. The molecule has 0 heterocycles. The van der Waals surface area contributed by atoms with Crippen LogP contribution in [0.4, 0.5) is 0 Å². The lowest BCUT2D eigenvalue weighted by Crippen LogP contribution is -2.45. The van der Waals surface area contributed by atoms with Crippen LogP contribution in [0.25, 0.3) is 0 Å². The number of amides is 2. The lowest BCUT2D eigenvalue weighted by atomic mass is 10.1. The van der Waals surface area contributed by atoms with E-state index in [-0.39, 0.29) is 17.5 Å². The van der Waals surface area contributed by atoms with Crippen molar-refractivity contribution >= 4 is 21.7 Å². The van der Waals surface area contributed by atoms with Crippen molar-refractivity contribution in [2.24, 2.45) is 0 Å². The van der Waals surface area contributed by atoms with Gasteiger partial charge in [-0.05, 0) is 31.0 Å². The van der Waals surface area contributed by atoms with Gasteiger partial charge in [0.25, 0.3) is 0 Å². The molecule has 0 unspecified atom stereocenters. The van der Waals surface area contributed by atoms with Crippen LogP contribution in [0.2, 0.25) is 0 Å². The Morgan fingerprint density at radius 3 is 2.04 bits per heavy atom. The second kappa shape index (κ2) is 9.32. The van der Waals surface area contributed by atoms with Gasteiger partial charge in [0, 0.05) is 12.6 Å². The van der Waals surface area contributed by atoms with Crippen molar-refractivity contribution in [2.45, 2.75) is 36.5 Å². The van der Waals surface area contributed by atoms with Crippen molar-refractivity contribution in [1.82, 2.24) is 10.6 Å². The first kappa shape index (κ1) is 20.6. The quantitative estimate of drug-likeness (QED) is 0.712. The van der Waals surface area contributed by atoms with Gasteiger partial charge in [0.15, 0.2) is 9.84 Å². The molecule has 7 heteroatoms. The summed E-state index contributed by atoms with van der Waals surface area (Å²) < 4.78 is 26.2. The molecule has 0 aliphatic carbocycles. The number of benzene rings is 2. The molecular weight excluding hydrogens is 364 g/mol. The predicted molar refractivity (Wildman–Crippen MR) is 104 cm³/mol. The maximum Gasteiger partial charge on any atom is 0.309 e. The number of sulfone groups is 1. The molecule has 0 aliphatic heterocycles. The molecule has 0 aliphatic rings. The molecule has 2 aromatic rings. The maximum atomic E-state index is 13.1. The van der Waals surface area contributed by atoms with Gasteiger partial charge in [0.2, 0.25) is 0 Å². The van der Waals surface area contributed by atoms with Crippen molar-refractivity contribution in [3.05, 3.63) is 66.2 Å². The van der Waals surface area contributed by atoms with E-state index < -0.39 is 26.9 Å². The molecule has 6 nitrogen and oxygen atoms in total. The SMILES string of the molecule is CC[C@@H](C)NC(=O)C(=O)NC[C@@H](c1ccccc1)S(=O)(=O)c1ccccc1. The summed E-state index contributed by atoms with van der Waals surface area (Å²) in [5, 5.41) is 4.02. The van der Waals surface area contributed by atoms with Crippen LogP contribution in [-0.2, 0) is 19.4 Å². The molecule has 2 amide bonds. The summed E-state index contributed by atoms with van der Waals surface area (Å²) in [6.45, 7) is 3.48. The van der Waals surface area contributed by atoms with E-state index in [0.717, 1.165) is 0 Å². The molecule has 0 saturated carbocycles. The summed E-state index contributed by atoms with van der Waals surface area (Å²) in [4.78, 5) is 24.1. The van der Waals surface area contributed by atoms with Crippen LogP contribution < -0.4 is 10.6 Å². The van der Waals surface area contributed by atoms with Gasteiger partial charge in [0.1, 0.15) is 5.25 Å². The van der Waals surface area contributed by atoms with E-state index in [4.69, 9.17) is 0 Å². The monoisotopic (exact) mass is 388 g/mol. The lowest BCUT2D eigenvalue weighted by Gasteiger charge is -2.19. The fraction of sp³-hybridized carbons (Fsp3) is 0.300. The smallest absolute Gasteiger partial charge is 0.309 e. The largest absolute Gasteiger partial charge is 0.346 e. The van der Waals surface area contributed by atoms with Crippen molar-refractivity contribution in [3.63, 3.8) is 0 Å². The fourth-order valence-corrected chi connectivity index (χ4v) is 4.19. The minimum Gasteiger partial charge on any atom is -0.346 e. The number of hydrogen-bond donors (Lipinski definition) is 2. The zero-order chi connectivity index (χ0) is 19.9. The highest BCUT2D eigenvalue weighted by molar-refractivity contribution is 7.91.